The molecule has 0 spiro atoms. The van der Waals surface area contributed by atoms with Crippen molar-refractivity contribution in [2.24, 2.45) is 10.3 Å². The molecule has 108 valence electrons. The first-order chi connectivity index (χ1) is 10.1. The van der Waals surface area contributed by atoms with Crippen molar-refractivity contribution in [3.8, 4) is 0 Å². The summed E-state index contributed by atoms with van der Waals surface area (Å²) in [6.07, 6.45) is 0. The van der Waals surface area contributed by atoms with Gasteiger partial charge in [0.05, 0.1) is 18.4 Å². The molecule has 0 bridgehead atoms. The lowest BCUT2D eigenvalue weighted by atomic mass is 10.2. The summed E-state index contributed by atoms with van der Waals surface area (Å²) < 4.78 is 4.69. The minimum atomic E-state index is -0.456. The summed E-state index contributed by atoms with van der Waals surface area (Å²) in [5.41, 5.74) is 5.24. The number of rotatable bonds is 4. The van der Waals surface area contributed by atoms with Crippen molar-refractivity contribution in [1.82, 2.24) is 0 Å². The summed E-state index contributed by atoms with van der Waals surface area (Å²) in [5, 5.41) is 8.50. The molecule has 5 nitrogen and oxygen atoms in total. The first-order valence-corrected chi connectivity index (χ1v) is 6.60. The molecule has 0 aromatic heterocycles. The van der Waals surface area contributed by atoms with Crippen molar-refractivity contribution in [3.63, 3.8) is 0 Å². The lowest BCUT2D eigenvalue weighted by Crippen LogP contribution is -2.01. The van der Waals surface area contributed by atoms with Crippen LogP contribution in [0.1, 0.15) is 15.9 Å². The Hall–Kier alpha value is -2.40. The fraction of sp³-hybridized carbons (Fsp3) is 0.133. The second-order valence-electron chi connectivity index (χ2n) is 4.28. The molecule has 0 atom stereocenters. The lowest BCUT2D eigenvalue weighted by molar-refractivity contribution is 0.0601. The molecule has 1 N–H and O–H groups in total. The van der Waals surface area contributed by atoms with E-state index in [9.17, 15) is 4.79 Å². The van der Waals surface area contributed by atoms with Crippen LogP contribution in [0.3, 0.4) is 0 Å². The molecule has 0 amide bonds. The molecule has 2 aromatic rings. The Kier molecular flexibility index (Phi) is 4.90. The van der Waals surface area contributed by atoms with Crippen molar-refractivity contribution >= 4 is 28.9 Å². The van der Waals surface area contributed by atoms with E-state index in [2.05, 4.69) is 15.8 Å². The predicted molar refractivity (Wildman–Crippen MR) is 82.1 cm³/mol. The minimum absolute atomic E-state index is 0.354. The Balaban J connectivity index is 2.14. The number of hydrogen-bond donors (Lipinski definition) is 1. The fourth-order valence-corrected chi connectivity index (χ4v) is 1.82. The van der Waals surface area contributed by atoms with Gasteiger partial charge in [-0.2, -0.15) is 0 Å². The van der Waals surface area contributed by atoms with Crippen LogP contribution in [0.2, 0.25) is 5.02 Å². The van der Waals surface area contributed by atoms with E-state index in [-0.39, 0.29) is 0 Å². The zero-order valence-electron chi connectivity index (χ0n) is 11.6. The smallest absolute Gasteiger partial charge is 0.340 e. The monoisotopic (exact) mass is 303 g/mol. The van der Waals surface area contributed by atoms with Gasteiger partial charge in [-0.3, -0.25) is 5.43 Å². The predicted octanol–water partition coefficient (Wildman–Crippen LogP) is 4.55. The topological polar surface area (TPSA) is 63.0 Å². The van der Waals surface area contributed by atoms with Crippen molar-refractivity contribution in [3.05, 3.63) is 58.6 Å². The minimum Gasteiger partial charge on any atom is -0.465 e. The SMILES string of the molecule is COC(=O)c1ccccc1N=NNc1ccc(C)c(Cl)c1. The van der Waals surface area contributed by atoms with Gasteiger partial charge >= 0.3 is 5.97 Å². The third-order valence-electron chi connectivity index (χ3n) is 2.82. The van der Waals surface area contributed by atoms with E-state index >= 15 is 0 Å². The average Bonchev–Trinajstić information content (AvgIpc) is 2.50. The first-order valence-electron chi connectivity index (χ1n) is 6.22. The number of carbonyl (C=O) groups is 1. The van der Waals surface area contributed by atoms with Crippen LogP contribution in [0.4, 0.5) is 11.4 Å². The zero-order chi connectivity index (χ0) is 15.2. The summed E-state index contributed by atoms with van der Waals surface area (Å²) in [4.78, 5) is 11.6. The second-order valence-corrected chi connectivity index (χ2v) is 4.69. The van der Waals surface area contributed by atoms with Crippen LogP contribution in [0.25, 0.3) is 0 Å². The number of benzene rings is 2. The summed E-state index contributed by atoms with van der Waals surface area (Å²) in [5.74, 6) is -0.456. The second kappa shape index (κ2) is 6.85. The molecule has 6 heteroatoms. The van der Waals surface area contributed by atoms with Crippen LogP contribution in [0, 0.1) is 6.92 Å². The molecule has 0 unspecified atom stereocenters. The van der Waals surface area contributed by atoms with Gasteiger partial charge in [0.15, 0.2) is 0 Å². The molecule has 0 aliphatic rings. The van der Waals surface area contributed by atoms with Gasteiger partial charge in [-0.1, -0.05) is 35.0 Å². The summed E-state index contributed by atoms with van der Waals surface area (Å²) in [6.45, 7) is 1.92. The number of anilines is 1. The number of carbonyl (C=O) groups excluding carboxylic acids is 1. The van der Waals surface area contributed by atoms with Gasteiger partial charge in [0, 0.05) is 5.02 Å². The maximum atomic E-state index is 11.6. The Morgan fingerprint density at radius 3 is 2.71 bits per heavy atom. The first kappa shape index (κ1) is 15.0. The van der Waals surface area contributed by atoms with Gasteiger partial charge in [-0.15, -0.1) is 5.11 Å². The van der Waals surface area contributed by atoms with Crippen LogP contribution in [0.15, 0.2) is 52.8 Å². The summed E-state index contributed by atoms with van der Waals surface area (Å²) in [7, 11) is 1.32. The lowest BCUT2D eigenvalue weighted by Gasteiger charge is -2.03. The highest BCUT2D eigenvalue weighted by Gasteiger charge is 2.10. The Labute approximate surface area is 127 Å². The van der Waals surface area contributed by atoms with Gasteiger partial charge in [0.2, 0.25) is 0 Å². The van der Waals surface area contributed by atoms with Crippen LogP contribution >= 0.6 is 11.6 Å². The van der Waals surface area contributed by atoms with Crippen LogP contribution in [-0.4, -0.2) is 13.1 Å². The van der Waals surface area contributed by atoms with Gasteiger partial charge in [-0.25, -0.2) is 4.79 Å². The number of ether oxygens (including phenoxy) is 1. The molecule has 0 saturated heterocycles. The van der Waals surface area contributed by atoms with Crippen LogP contribution in [-0.2, 0) is 4.74 Å². The largest absolute Gasteiger partial charge is 0.465 e. The molecule has 0 saturated carbocycles. The number of hydrogen-bond acceptors (Lipinski definition) is 4. The Morgan fingerprint density at radius 2 is 2.00 bits per heavy atom. The molecule has 0 fully saturated rings. The maximum Gasteiger partial charge on any atom is 0.340 e. The van der Waals surface area contributed by atoms with E-state index in [1.54, 1.807) is 30.3 Å². The number of methoxy groups -OCH3 is 1. The molecule has 0 aliphatic heterocycles. The quantitative estimate of drug-likeness (QED) is 0.512. The van der Waals surface area contributed by atoms with E-state index in [4.69, 9.17) is 16.3 Å². The van der Waals surface area contributed by atoms with Gasteiger partial charge in [0.25, 0.3) is 0 Å². The van der Waals surface area contributed by atoms with Crippen molar-refractivity contribution in [2.45, 2.75) is 6.92 Å². The van der Waals surface area contributed by atoms with E-state index in [1.165, 1.54) is 7.11 Å². The molecule has 21 heavy (non-hydrogen) atoms. The molecule has 2 rings (SSSR count). The number of halogens is 1. The number of esters is 1. The highest BCUT2D eigenvalue weighted by Crippen LogP contribution is 2.22. The maximum absolute atomic E-state index is 11.6. The summed E-state index contributed by atoms with van der Waals surface area (Å²) in [6, 6.07) is 12.3. The highest BCUT2D eigenvalue weighted by atomic mass is 35.5. The average molecular weight is 304 g/mol. The standard InChI is InChI=1S/C15H14ClN3O2/c1-10-7-8-11(9-13(10)16)17-19-18-14-6-4-3-5-12(14)15(20)21-2/h3-9H,1-2H3,(H,17,18). The van der Waals surface area contributed by atoms with Gasteiger partial charge in [-0.05, 0) is 36.8 Å². The Bertz CT molecular complexity index is 686. The molecular weight excluding hydrogens is 290 g/mol. The molecule has 0 aliphatic carbocycles. The van der Waals surface area contributed by atoms with Crippen molar-refractivity contribution < 1.29 is 9.53 Å². The third-order valence-corrected chi connectivity index (χ3v) is 3.23. The molecule has 0 radical (unpaired) electrons. The number of nitrogens with one attached hydrogen (secondary N) is 1. The molecule has 2 aromatic carbocycles. The number of aryl methyl sites for hydroxylation is 1. The van der Waals surface area contributed by atoms with Crippen molar-refractivity contribution in [1.29, 1.82) is 0 Å². The van der Waals surface area contributed by atoms with E-state index < -0.39 is 5.97 Å². The molecule has 0 heterocycles. The van der Waals surface area contributed by atoms with Gasteiger partial charge < -0.3 is 4.74 Å². The highest BCUT2D eigenvalue weighted by molar-refractivity contribution is 6.31. The normalized spacial score (nSPS) is 10.6. The summed E-state index contributed by atoms with van der Waals surface area (Å²) >= 11 is 6.02. The van der Waals surface area contributed by atoms with Gasteiger partial charge in [0.1, 0.15) is 5.69 Å². The molecular formula is C15H14ClN3O2. The third kappa shape index (κ3) is 3.79. The van der Waals surface area contributed by atoms with Crippen molar-refractivity contribution in [2.75, 3.05) is 12.5 Å². The fourth-order valence-electron chi connectivity index (χ4n) is 1.64. The van der Waals surface area contributed by atoms with Crippen LogP contribution in [0.5, 0.6) is 0 Å². The van der Waals surface area contributed by atoms with E-state index in [0.29, 0.717) is 22.0 Å². The Morgan fingerprint density at radius 1 is 1.24 bits per heavy atom. The zero-order valence-corrected chi connectivity index (χ0v) is 12.4. The number of nitrogens with zero attached hydrogens (tertiary/aromatic N) is 2. The van der Waals surface area contributed by atoms with E-state index in [1.807, 2.05) is 19.1 Å². The van der Waals surface area contributed by atoms with E-state index in [0.717, 1.165) is 5.56 Å². The van der Waals surface area contributed by atoms with Crippen LogP contribution < -0.4 is 5.43 Å².